The van der Waals surface area contributed by atoms with Gasteiger partial charge in [-0.3, -0.25) is 4.79 Å². The lowest BCUT2D eigenvalue weighted by atomic mass is 9.86. The lowest BCUT2D eigenvalue weighted by Gasteiger charge is -2.22. The number of fused-ring (bicyclic) bond motifs is 1. The van der Waals surface area contributed by atoms with Gasteiger partial charge in [-0.25, -0.2) is 0 Å². The van der Waals surface area contributed by atoms with Crippen LogP contribution in [0.4, 0.5) is 0 Å². The van der Waals surface area contributed by atoms with Crippen molar-refractivity contribution in [2.24, 2.45) is 0 Å². The van der Waals surface area contributed by atoms with E-state index in [2.05, 4.69) is 15.9 Å². The minimum Gasteiger partial charge on any atom is -0.488 e. The summed E-state index contributed by atoms with van der Waals surface area (Å²) in [5.74, 6) is 0.867. The molecule has 0 N–H and O–H groups in total. The fourth-order valence-electron chi connectivity index (χ4n) is 3.41. The van der Waals surface area contributed by atoms with Crippen molar-refractivity contribution < 1.29 is 9.53 Å². The van der Waals surface area contributed by atoms with Crippen LogP contribution in [0.2, 0.25) is 0 Å². The summed E-state index contributed by atoms with van der Waals surface area (Å²) in [6, 6.07) is 22.0. The molecule has 0 saturated carbocycles. The minimum absolute atomic E-state index is 0.0405. The second-order valence-electron chi connectivity index (χ2n) is 6.73. The summed E-state index contributed by atoms with van der Waals surface area (Å²) in [5, 5.41) is 0. The number of ketones is 1. The first-order chi connectivity index (χ1) is 13.1. The first-order valence-corrected chi connectivity index (χ1v) is 9.71. The van der Waals surface area contributed by atoms with Gasteiger partial charge in [0.05, 0.1) is 0 Å². The first kappa shape index (κ1) is 17.7. The van der Waals surface area contributed by atoms with Crippen molar-refractivity contribution in [2.75, 3.05) is 0 Å². The van der Waals surface area contributed by atoms with E-state index in [1.165, 1.54) is 0 Å². The Kier molecular flexibility index (Phi) is 4.95. The molecule has 0 amide bonds. The van der Waals surface area contributed by atoms with Crippen molar-refractivity contribution in [1.82, 2.24) is 0 Å². The molecule has 0 radical (unpaired) electrons. The van der Waals surface area contributed by atoms with Crippen LogP contribution in [0.1, 0.15) is 32.6 Å². The smallest absolute Gasteiger partial charge is 0.186 e. The molecule has 27 heavy (non-hydrogen) atoms. The molecule has 1 aliphatic carbocycles. The molecular weight excluding hydrogens is 400 g/mol. The average Bonchev–Trinajstić information content (AvgIpc) is 2.68. The normalized spacial score (nSPS) is 13.1. The predicted molar refractivity (Wildman–Crippen MR) is 112 cm³/mol. The zero-order chi connectivity index (χ0) is 18.8. The number of carbonyl (C=O) groups excluding carboxylic acids is 1. The van der Waals surface area contributed by atoms with Gasteiger partial charge in [0, 0.05) is 22.0 Å². The number of hydrogen-bond donors (Lipinski definition) is 0. The molecule has 2 nitrogen and oxygen atoms in total. The Morgan fingerprint density at radius 3 is 2.44 bits per heavy atom. The van der Waals surface area contributed by atoms with Crippen LogP contribution in [-0.4, -0.2) is 5.78 Å². The van der Waals surface area contributed by atoms with Gasteiger partial charge in [-0.15, -0.1) is 0 Å². The number of hydrogen-bond acceptors (Lipinski definition) is 2. The zero-order valence-electron chi connectivity index (χ0n) is 15.0. The third-order valence-corrected chi connectivity index (χ3v) is 5.37. The van der Waals surface area contributed by atoms with Crippen molar-refractivity contribution in [3.8, 4) is 5.75 Å². The molecule has 3 aromatic rings. The van der Waals surface area contributed by atoms with Crippen LogP contribution < -0.4 is 4.74 Å². The van der Waals surface area contributed by atoms with E-state index in [0.29, 0.717) is 13.0 Å². The van der Waals surface area contributed by atoms with Gasteiger partial charge in [-0.1, -0.05) is 70.5 Å². The summed E-state index contributed by atoms with van der Waals surface area (Å²) < 4.78 is 7.21. The maximum Gasteiger partial charge on any atom is 0.186 e. The van der Waals surface area contributed by atoms with E-state index in [0.717, 1.165) is 43.6 Å². The molecule has 0 atom stereocenters. The Hall–Kier alpha value is -2.65. The number of aryl methyl sites for hydroxylation is 1. The molecule has 0 saturated heterocycles. The summed E-state index contributed by atoms with van der Waals surface area (Å²) >= 11 is 3.46. The second kappa shape index (κ2) is 7.53. The van der Waals surface area contributed by atoms with Crippen molar-refractivity contribution in [2.45, 2.75) is 20.0 Å². The van der Waals surface area contributed by atoms with Crippen molar-refractivity contribution >= 4 is 27.3 Å². The van der Waals surface area contributed by atoms with Gasteiger partial charge in [0.2, 0.25) is 0 Å². The lowest BCUT2D eigenvalue weighted by molar-refractivity contribution is 0.104. The summed E-state index contributed by atoms with van der Waals surface area (Å²) in [6.07, 6.45) is 2.44. The fraction of sp³-hybridized carbons (Fsp3) is 0.125. The molecule has 0 fully saturated rings. The third-order valence-electron chi connectivity index (χ3n) is 4.84. The summed E-state index contributed by atoms with van der Waals surface area (Å²) in [6.45, 7) is 2.52. The van der Waals surface area contributed by atoms with E-state index in [1.54, 1.807) is 6.08 Å². The molecule has 0 aromatic heterocycles. The zero-order valence-corrected chi connectivity index (χ0v) is 16.6. The van der Waals surface area contributed by atoms with Gasteiger partial charge in [0.25, 0.3) is 0 Å². The highest BCUT2D eigenvalue weighted by atomic mass is 79.9. The summed E-state index contributed by atoms with van der Waals surface area (Å²) in [5.41, 5.74) is 5.97. The van der Waals surface area contributed by atoms with Crippen LogP contribution in [0, 0.1) is 6.92 Å². The molecule has 1 aliphatic rings. The van der Waals surface area contributed by atoms with E-state index in [4.69, 9.17) is 4.74 Å². The minimum atomic E-state index is 0.0405. The SMILES string of the molecule is Cc1ccc2c(c1OCc1ccccc1)CC(c1ccc(Br)cc1)=CC2=O. The van der Waals surface area contributed by atoms with Gasteiger partial charge in [-0.05, 0) is 47.4 Å². The number of ether oxygens (including phenoxy) is 1. The maximum absolute atomic E-state index is 12.7. The number of allylic oxidation sites excluding steroid dienone is 2. The van der Waals surface area contributed by atoms with E-state index in [9.17, 15) is 4.79 Å². The predicted octanol–water partition coefficient (Wildman–Crippen LogP) is 6.16. The van der Waals surface area contributed by atoms with Crippen LogP contribution in [0.3, 0.4) is 0 Å². The Balaban J connectivity index is 1.68. The second-order valence-corrected chi connectivity index (χ2v) is 7.65. The Morgan fingerprint density at radius 2 is 1.70 bits per heavy atom. The van der Waals surface area contributed by atoms with Crippen LogP contribution in [0.25, 0.3) is 5.57 Å². The highest BCUT2D eigenvalue weighted by Crippen LogP contribution is 2.36. The topological polar surface area (TPSA) is 26.3 Å². The quantitative estimate of drug-likeness (QED) is 0.506. The van der Waals surface area contributed by atoms with E-state index < -0.39 is 0 Å². The lowest BCUT2D eigenvalue weighted by Crippen LogP contribution is -2.12. The maximum atomic E-state index is 12.7. The molecule has 0 spiro atoms. The molecule has 0 bridgehead atoms. The van der Waals surface area contributed by atoms with Crippen molar-refractivity contribution in [3.63, 3.8) is 0 Å². The molecule has 4 rings (SSSR count). The Morgan fingerprint density at radius 1 is 0.963 bits per heavy atom. The largest absolute Gasteiger partial charge is 0.488 e. The standard InChI is InChI=1S/C24H19BrO2/c1-16-7-12-21-22(24(16)27-15-17-5-3-2-4-6-17)13-19(14-23(21)26)18-8-10-20(25)11-9-18/h2-12,14H,13,15H2,1H3. The van der Waals surface area contributed by atoms with E-state index in [1.807, 2.05) is 73.7 Å². The molecule has 3 aromatic carbocycles. The van der Waals surface area contributed by atoms with Gasteiger partial charge in [-0.2, -0.15) is 0 Å². The van der Waals surface area contributed by atoms with E-state index >= 15 is 0 Å². The number of rotatable bonds is 4. The molecule has 0 unspecified atom stereocenters. The van der Waals surface area contributed by atoms with E-state index in [-0.39, 0.29) is 5.78 Å². The molecule has 0 aliphatic heterocycles. The highest BCUT2D eigenvalue weighted by molar-refractivity contribution is 9.10. The highest BCUT2D eigenvalue weighted by Gasteiger charge is 2.23. The van der Waals surface area contributed by atoms with Crippen LogP contribution in [-0.2, 0) is 13.0 Å². The van der Waals surface area contributed by atoms with Crippen LogP contribution in [0.5, 0.6) is 5.75 Å². The molecule has 0 heterocycles. The van der Waals surface area contributed by atoms with Gasteiger partial charge in [0.1, 0.15) is 12.4 Å². The average molecular weight is 419 g/mol. The number of benzene rings is 3. The van der Waals surface area contributed by atoms with Crippen molar-refractivity contribution in [1.29, 1.82) is 0 Å². The number of halogens is 1. The molecule has 134 valence electrons. The van der Waals surface area contributed by atoms with Gasteiger partial charge >= 0.3 is 0 Å². The Bertz CT molecular complexity index is 1020. The van der Waals surface area contributed by atoms with Crippen molar-refractivity contribution in [3.05, 3.63) is 105 Å². The summed E-state index contributed by atoms with van der Waals surface area (Å²) in [4.78, 5) is 12.7. The fourth-order valence-corrected chi connectivity index (χ4v) is 3.67. The number of carbonyl (C=O) groups is 1. The summed E-state index contributed by atoms with van der Waals surface area (Å²) in [7, 11) is 0. The molecule has 3 heteroatoms. The van der Waals surface area contributed by atoms with Crippen LogP contribution >= 0.6 is 15.9 Å². The molecular formula is C24H19BrO2. The first-order valence-electron chi connectivity index (χ1n) is 8.92. The monoisotopic (exact) mass is 418 g/mol. The van der Waals surface area contributed by atoms with Gasteiger partial charge < -0.3 is 4.74 Å². The van der Waals surface area contributed by atoms with Crippen LogP contribution in [0.15, 0.2) is 77.3 Å². The van der Waals surface area contributed by atoms with Gasteiger partial charge in [0.15, 0.2) is 5.78 Å². The third kappa shape index (κ3) is 3.74. The Labute approximate surface area is 167 Å².